The zero-order chi connectivity index (χ0) is 20.4. The Morgan fingerprint density at radius 3 is 2.64 bits per heavy atom. The first-order valence-electron chi connectivity index (χ1n) is 12.0. The molecule has 3 aliphatic carbocycles. The van der Waals surface area contributed by atoms with Gasteiger partial charge in [-0.15, -0.1) is 0 Å². The Balaban J connectivity index is 1.63. The van der Waals surface area contributed by atoms with Gasteiger partial charge in [0.2, 0.25) is 0 Å². The van der Waals surface area contributed by atoms with E-state index in [-0.39, 0.29) is 0 Å². The van der Waals surface area contributed by atoms with Crippen LogP contribution in [0.15, 0.2) is 35.5 Å². The van der Waals surface area contributed by atoms with Crippen molar-refractivity contribution in [1.82, 2.24) is 0 Å². The zero-order valence-electron chi connectivity index (χ0n) is 19.0. The first-order chi connectivity index (χ1) is 13.2. The maximum Gasteiger partial charge on any atom is 0.0591 e. The highest BCUT2D eigenvalue weighted by Gasteiger charge is 2.48. The second-order valence-electron chi connectivity index (χ2n) is 11.0. The molecule has 0 aromatic rings. The fourth-order valence-corrected chi connectivity index (χ4v) is 6.42. The molecule has 0 heterocycles. The molecule has 1 nitrogen and oxygen atoms in total. The lowest BCUT2D eigenvalue weighted by molar-refractivity contribution is 0.0660. The van der Waals surface area contributed by atoms with Gasteiger partial charge >= 0.3 is 0 Å². The highest BCUT2D eigenvalue weighted by atomic mass is 16.3. The Morgan fingerprint density at radius 1 is 1.11 bits per heavy atom. The molecule has 28 heavy (non-hydrogen) atoms. The molecule has 158 valence electrons. The molecule has 0 radical (unpaired) electrons. The molecule has 0 aromatic heterocycles. The van der Waals surface area contributed by atoms with Crippen LogP contribution in [0.2, 0.25) is 0 Å². The van der Waals surface area contributed by atoms with E-state index in [1.54, 1.807) is 5.57 Å². The van der Waals surface area contributed by atoms with Crippen LogP contribution in [0.1, 0.15) is 105 Å². The second-order valence-corrected chi connectivity index (χ2v) is 11.0. The third-order valence-electron chi connectivity index (χ3n) is 8.34. The van der Waals surface area contributed by atoms with Crippen molar-refractivity contribution in [2.24, 2.45) is 23.2 Å². The minimum absolute atomic E-state index is 0.503. The van der Waals surface area contributed by atoms with E-state index in [1.807, 2.05) is 13.8 Å². The fourth-order valence-electron chi connectivity index (χ4n) is 6.42. The highest BCUT2D eigenvalue weighted by molar-refractivity contribution is 5.36. The summed E-state index contributed by atoms with van der Waals surface area (Å²) >= 11 is 0. The molecule has 0 aromatic carbocycles. The smallest absolute Gasteiger partial charge is 0.0591 e. The van der Waals surface area contributed by atoms with Crippen LogP contribution >= 0.6 is 0 Å². The van der Waals surface area contributed by atoms with E-state index >= 15 is 0 Å². The molecular weight excluding hydrogens is 340 g/mol. The van der Waals surface area contributed by atoms with Crippen molar-refractivity contribution in [2.75, 3.05) is 0 Å². The number of rotatable bonds is 6. The molecular formula is C27H44O. The molecule has 3 rings (SSSR count). The maximum atomic E-state index is 9.96. The molecule has 0 spiro atoms. The third kappa shape index (κ3) is 5.02. The van der Waals surface area contributed by atoms with Crippen LogP contribution < -0.4 is 0 Å². The van der Waals surface area contributed by atoms with Gasteiger partial charge in [-0.1, -0.05) is 51.0 Å². The molecule has 4 unspecified atom stereocenters. The van der Waals surface area contributed by atoms with Crippen molar-refractivity contribution < 1.29 is 5.11 Å². The van der Waals surface area contributed by atoms with Crippen molar-refractivity contribution in [3.63, 3.8) is 0 Å². The summed E-state index contributed by atoms with van der Waals surface area (Å²) in [5.74, 6) is 2.33. The summed E-state index contributed by atoms with van der Waals surface area (Å²) in [6.07, 6.45) is 20.4. The summed E-state index contributed by atoms with van der Waals surface area (Å²) in [7, 11) is 0. The Kier molecular flexibility index (Phi) is 6.96. The van der Waals surface area contributed by atoms with Gasteiger partial charge in [-0.2, -0.15) is 0 Å². The van der Waals surface area contributed by atoms with Gasteiger partial charge in [0.15, 0.2) is 0 Å². The van der Waals surface area contributed by atoms with Gasteiger partial charge in [0, 0.05) is 0 Å². The molecule has 4 atom stereocenters. The molecule has 3 aliphatic rings. The summed E-state index contributed by atoms with van der Waals surface area (Å²) in [5.41, 5.74) is 4.63. The molecule has 1 heteroatoms. The monoisotopic (exact) mass is 384 g/mol. The SMILES string of the molecule is C=C1/C(=C\C=C2/CCCC3(C)C(CCCCC(C)(C)O)CCC23)CCCC1C. The topological polar surface area (TPSA) is 20.2 Å². The number of fused-ring (bicyclic) bond motifs is 1. The predicted octanol–water partition coefficient (Wildman–Crippen LogP) is 7.76. The van der Waals surface area contributed by atoms with Crippen LogP contribution in [0.5, 0.6) is 0 Å². The van der Waals surface area contributed by atoms with Crippen LogP contribution in [-0.4, -0.2) is 10.7 Å². The maximum absolute atomic E-state index is 9.96. The Hall–Kier alpha value is -0.820. The number of allylic oxidation sites excluding steroid dienone is 5. The first-order valence-corrected chi connectivity index (χ1v) is 12.0. The average Bonchev–Trinajstić information content (AvgIpc) is 2.96. The standard InChI is InChI=1S/C27H44O/c1-20-10-8-11-22(21(20)2)14-15-23-12-9-19-27(5)24(16-17-25(23)27)13-6-7-18-26(3,4)28/h14-15,20,24-25,28H,2,6-13,16-19H2,1,3-5H3/b22-14-,23-15+. The summed E-state index contributed by atoms with van der Waals surface area (Å²) < 4.78 is 0. The van der Waals surface area contributed by atoms with E-state index in [9.17, 15) is 5.11 Å². The van der Waals surface area contributed by atoms with Crippen LogP contribution in [0.4, 0.5) is 0 Å². The quantitative estimate of drug-likeness (QED) is 0.464. The van der Waals surface area contributed by atoms with Crippen molar-refractivity contribution in [3.8, 4) is 0 Å². The molecule has 0 aliphatic heterocycles. The number of aliphatic hydroxyl groups is 1. The van der Waals surface area contributed by atoms with Gasteiger partial charge in [0.1, 0.15) is 0 Å². The van der Waals surface area contributed by atoms with Gasteiger partial charge in [-0.25, -0.2) is 0 Å². The van der Waals surface area contributed by atoms with E-state index in [4.69, 9.17) is 0 Å². The second kappa shape index (κ2) is 8.90. The van der Waals surface area contributed by atoms with Crippen LogP contribution in [0, 0.1) is 23.2 Å². The molecule has 3 saturated carbocycles. The van der Waals surface area contributed by atoms with E-state index in [0.717, 1.165) is 24.7 Å². The van der Waals surface area contributed by atoms with Crippen molar-refractivity contribution in [3.05, 3.63) is 35.5 Å². The highest BCUT2D eigenvalue weighted by Crippen LogP contribution is 2.58. The predicted molar refractivity (Wildman–Crippen MR) is 121 cm³/mol. The van der Waals surface area contributed by atoms with Gasteiger partial charge < -0.3 is 5.11 Å². The molecule has 1 N–H and O–H groups in total. The van der Waals surface area contributed by atoms with E-state index in [2.05, 4.69) is 32.6 Å². The summed E-state index contributed by atoms with van der Waals surface area (Å²) in [6.45, 7) is 13.2. The minimum atomic E-state index is -0.503. The largest absolute Gasteiger partial charge is 0.390 e. The Morgan fingerprint density at radius 2 is 1.89 bits per heavy atom. The number of hydrogen-bond acceptors (Lipinski definition) is 1. The van der Waals surface area contributed by atoms with Gasteiger partial charge in [0.25, 0.3) is 0 Å². The normalized spacial score (nSPS) is 36.9. The van der Waals surface area contributed by atoms with Crippen molar-refractivity contribution in [1.29, 1.82) is 0 Å². The third-order valence-corrected chi connectivity index (χ3v) is 8.34. The summed E-state index contributed by atoms with van der Waals surface area (Å²) in [4.78, 5) is 0. The number of hydrogen-bond donors (Lipinski definition) is 1. The van der Waals surface area contributed by atoms with Crippen molar-refractivity contribution in [2.45, 2.75) is 110 Å². The Labute approximate surface area is 174 Å². The fraction of sp³-hybridized carbons (Fsp3) is 0.778. The van der Waals surface area contributed by atoms with E-state index < -0.39 is 5.60 Å². The molecule has 0 saturated heterocycles. The van der Waals surface area contributed by atoms with Crippen molar-refractivity contribution >= 4 is 0 Å². The van der Waals surface area contributed by atoms with Gasteiger partial charge in [-0.3, -0.25) is 0 Å². The summed E-state index contributed by atoms with van der Waals surface area (Å²) in [6, 6.07) is 0. The molecule has 3 fully saturated rings. The van der Waals surface area contributed by atoms with Gasteiger partial charge in [0.05, 0.1) is 5.60 Å². The minimum Gasteiger partial charge on any atom is -0.390 e. The Bertz CT molecular complexity index is 617. The molecule has 0 bridgehead atoms. The lowest BCUT2D eigenvalue weighted by Gasteiger charge is -2.42. The lowest BCUT2D eigenvalue weighted by Crippen LogP contribution is -2.33. The van der Waals surface area contributed by atoms with Gasteiger partial charge in [-0.05, 0) is 112 Å². The number of unbranched alkanes of at least 4 members (excludes halogenated alkanes) is 1. The first kappa shape index (κ1) is 21.9. The van der Waals surface area contributed by atoms with Crippen LogP contribution in [0.3, 0.4) is 0 Å². The van der Waals surface area contributed by atoms with Crippen LogP contribution in [0.25, 0.3) is 0 Å². The summed E-state index contributed by atoms with van der Waals surface area (Å²) in [5, 5.41) is 9.96. The zero-order valence-corrected chi connectivity index (χ0v) is 19.0. The molecule has 0 amide bonds. The lowest BCUT2D eigenvalue weighted by atomic mass is 9.62. The van der Waals surface area contributed by atoms with E-state index in [1.165, 1.54) is 75.4 Å². The van der Waals surface area contributed by atoms with Crippen LogP contribution in [-0.2, 0) is 0 Å². The van der Waals surface area contributed by atoms with E-state index in [0.29, 0.717) is 11.3 Å². The average molecular weight is 385 g/mol.